The maximum absolute atomic E-state index is 9.37. The van der Waals surface area contributed by atoms with Crippen molar-refractivity contribution in [2.75, 3.05) is 0 Å². The highest BCUT2D eigenvalue weighted by Gasteiger charge is 2.29. The van der Waals surface area contributed by atoms with Crippen molar-refractivity contribution >= 4 is 10.9 Å². The molecule has 3 heterocycles. The molecule has 1 aliphatic rings. The van der Waals surface area contributed by atoms with E-state index in [9.17, 15) is 5.26 Å². The maximum atomic E-state index is 9.37. The number of aryl methyl sites for hydroxylation is 1. The molecule has 0 fully saturated rings. The van der Waals surface area contributed by atoms with Crippen LogP contribution in [-0.2, 0) is 6.42 Å². The van der Waals surface area contributed by atoms with Gasteiger partial charge >= 0.3 is 0 Å². The minimum Gasteiger partial charge on any atom is -0.484 e. The third-order valence-electron chi connectivity index (χ3n) is 5.34. The molecule has 7 nitrogen and oxygen atoms in total. The number of H-pyrrole nitrogens is 1. The molecular formula is C21H17N5O2. The third-order valence-corrected chi connectivity index (χ3v) is 5.34. The van der Waals surface area contributed by atoms with Crippen LogP contribution in [0.5, 0.6) is 5.75 Å². The SMILES string of the molecule is Cc1nc2c(c(C)c1C#N)CC[C@H]2Oc1ccc2[nH]nc(-c3cnco3)c2c1. The van der Waals surface area contributed by atoms with Crippen LogP contribution in [0.3, 0.4) is 0 Å². The minimum absolute atomic E-state index is 0.127. The van der Waals surface area contributed by atoms with Crippen LogP contribution in [0.2, 0.25) is 0 Å². The van der Waals surface area contributed by atoms with E-state index in [-0.39, 0.29) is 6.10 Å². The quantitative estimate of drug-likeness (QED) is 0.580. The van der Waals surface area contributed by atoms with Crippen LogP contribution in [0.25, 0.3) is 22.4 Å². The van der Waals surface area contributed by atoms with Crippen LogP contribution in [0.1, 0.15) is 40.6 Å². The molecule has 0 saturated heterocycles. The fraction of sp³-hybridized carbons (Fsp3) is 0.238. The van der Waals surface area contributed by atoms with Crippen LogP contribution in [0.15, 0.2) is 35.2 Å². The topological polar surface area (TPSA) is 101 Å². The van der Waals surface area contributed by atoms with Gasteiger partial charge in [0.1, 0.15) is 23.6 Å². The second-order valence-electron chi connectivity index (χ2n) is 6.96. The normalized spacial score (nSPS) is 15.5. The fourth-order valence-electron chi connectivity index (χ4n) is 3.94. The molecule has 0 saturated carbocycles. The first-order valence-electron chi connectivity index (χ1n) is 9.09. The first-order valence-corrected chi connectivity index (χ1v) is 9.09. The zero-order valence-corrected chi connectivity index (χ0v) is 15.5. The number of nitriles is 1. The van der Waals surface area contributed by atoms with E-state index in [0.29, 0.717) is 17.0 Å². The van der Waals surface area contributed by atoms with Crippen LogP contribution in [0, 0.1) is 25.2 Å². The summed E-state index contributed by atoms with van der Waals surface area (Å²) in [5, 5.41) is 17.6. The molecule has 1 aromatic carbocycles. The number of hydrogen-bond acceptors (Lipinski definition) is 6. The highest BCUT2D eigenvalue weighted by Crippen LogP contribution is 2.38. The van der Waals surface area contributed by atoms with Gasteiger partial charge in [-0.3, -0.25) is 10.1 Å². The van der Waals surface area contributed by atoms with Gasteiger partial charge in [-0.15, -0.1) is 0 Å². The molecule has 0 radical (unpaired) electrons. The van der Waals surface area contributed by atoms with Gasteiger partial charge in [0.05, 0.1) is 28.7 Å². The Bertz CT molecular complexity index is 1230. The Morgan fingerprint density at radius 2 is 2.21 bits per heavy atom. The van der Waals surface area contributed by atoms with Crippen molar-refractivity contribution in [3.63, 3.8) is 0 Å². The predicted octanol–water partition coefficient (Wildman–Crippen LogP) is 4.17. The summed E-state index contributed by atoms with van der Waals surface area (Å²) < 4.78 is 11.7. The molecule has 7 heteroatoms. The van der Waals surface area contributed by atoms with E-state index in [2.05, 4.69) is 26.2 Å². The summed E-state index contributed by atoms with van der Waals surface area (Å²) in [6, 6.07) is 8.09. The fourth-order valence-corrected chi connectivity index (χ4v) is 3.94. The van der Waals surface area contributed by atoms with Gasteiger partial charge in [0, 0.05) is 5.39 Å². The number of rotatable bonds is 3. The molecule has 28 heavy (non-hydrogen) atoms. The lowest BCUT2D eigenvalue weighted by Crippen LogP contribution is -2.08. The van der Waals surface area contributed by atoms with Crippen molar-refractivity contribution in [2.24, 2.45) is 0 Å². The highest BCUT2D eigenvalue weighted by molar-refractivity contribution is 5.92. The van der Waals surface area contributed by atoms with E-state index in [1.54, 1.807) is 6.20 Å². The maximum Gasteiger partial charge on any atom is 0.181 e. The molecule has 4 aromatic rings. The Hall–Kier alpha value is -3.66. The summed E-state index contributed by atoms with van der Waals surface area (Å²) >= 11 is 0. The van der Waals surface area contributed by atoms with Gasteiger partial charge in [0.2, 0.25) is 0 Å². The molecule has 1 N–H and O–H groups in total. The van der Waals surface area contributed by atoms with E-state index in [1.165, 1.54) is 6.39 Å². The number of aromatic nitrogens is 4. The van der Waals surface area contributed by atoms with Crippen molar-refractivity contribution < 1.29 is 9.15 Å². The molecule has 0 bridgehead atoms. The van der Waals surface area contributed by atoms with Crippen LogP contribution >= 0.6 is 0 Å². The van der Waals surface area contributed by atoms with Crippen LogP contribution in [-0.4, -0.2) is 20.2 Å². The van der Waals surface area contributed by atoms with Gasteiger partial charge in [-0.2, -0.15) is 10.4 Å². The minimum atomic E-state index is -0.127. The average Bonchev–Trinajstić information content (AvgIpc) is 3.42. The third kappa shape index (κ3) is 2.46. The molecule has 0 spiro atoms. The molecule has 0 unspecified atom stereocenters. The number of oxazole rings is 1. The highest BCUT2D eigenvalue weighted by atomic mass is 16.5. The standard InChI is InChI=1S/C21H17N5O2/c1-11-14-4-6-18(20(14)24-12(2)16(11)8-22)28-13-3-5-17-15(7-13)21(26-25-17)19-9-23-10-27-19/h3,5,7,9-10,18H,4,6H2,1-2H3,(H,25,26)/t18-/m1/s1. The molecule has 0 aliphatic heterocycles. The summed E-state index contributed by atoms with van der Waals surface area (Å²) in [5.41, 5.74) is 6.13. The van der Waals surface area contributed by atoms with E-state index in [4.69, 9.17) is 9.15 Å². The number of pyridine rings is 1. The Morgan fingerprint density at radius 1 is 1.32 bits per heavy atom. The Balaban J connectivity index is 1.51. The Kier molecular flexibility index (Phi) is 3.66. The first kappa shape index (κ1) is 16.5. The summed E-state index contributed by atoms with van der Waals surface area (Å²) in [6.45, 7) is 3.87. The summed E-state index contributed by atoms with van der Waals surface area (Å²) in [4.78, 5) is 8.65. The van der Waals surface area contributed by atoms with Gasteiger partial charge in [-0.25, -0.2) is 4.98 Å². The molecule has 138 valence electrons. The Labute approximate surface area is 161 Å². The molecule has 0 amide bonds. The molecule has 3 aromatic heterocycles. The monoisotopic (exact) mass is 371 g/mol. The Morgan fingerprint density at radius 3 is 3.00 bits per heavy atom. The molecule has 1 atom stereocenters. The lowest BCUT2D eigenvalue weighted by atomic mass is 10.0. The van der Waals surface area contributed by atoms with Crippen molar-refractivity contribution in [3.05, 3.63) is 58.9 Å². The largest absolute Gasteiger partial charge is 0.484 e. The number of hydrogen-bond donors (Lipinski definition) is 1. The zero-order valence-electron chi connectivity index (χ0n) is 15.5. The van der Waals surface area contributed by atoms with Gasteiger partial charge in [0.15, 0.2) is 12.2 Å². The van der Waals surface area contributed by atoms with E-state index >= 15 is 0 Å². The van der Waals surface area contributed by atoms with Crippen molar-refractivity contribution in [1.82, 2.24) is 20.2 Å². The van der Waals surface area contributed by atoms with Crippen LogP contribution in [0.4, 0.5) is 0 Å². The van der Waals surface area contributed by atoms with Gasteiger partial charge in [-0.1, -0.05) is 0 Å². The first-order chi connectivity index (χ1) is 13.7. The number of ether oxygens (including phenoxy) is 1. The number of nitrogens with one attached hydrogen (secondary N) is 1. The van der Waals surface area contributed by atoms with Gasteiger partial charge < -0.3 is 9.15 Å². The number of nitrogens with zero attached hydrogens (tertiary/aromatic N) is 4. The van der Waals surface area contributed by atoms with Crippen molar-refractivity contribution in [3.8, 4) is 23.3 Å². The van der Waals surface area contributed by atoms with Crippen LogP contribution < -0.4 is 4.74 Å². The smallest absolute Gasteiger partial charge is 0.181 e. The predicted molar refractivity (Wildman–Crippen MR) is 102 cm³/mol. The second-order valence-corrected chi connectivity index (χ2v) is 6.96. The summed E-state index contributed by atoms with van der Waals surface area (Å²) in [7, 11) is 0. The average molecular weight is 371 g/mol. The lowest BCUT2D eigenvalue weighted by Gasteiger charge is -2.16. The number of aromatic amines is 1. The number of fused-ring (bicyclic) bond motifs is 2. The summed E-state index contributed by atoms with van der Waals surface area (Å²) in [5.74, 6) is 1.35. The van der Waals surface area contributed by atoms with Crippen molar-refractivity contribution in [2.45, 2.75) is 32.8 Å². The van der Waals surface area contributed by atoms with Gasteiger partial charge in [-0.05, 0) is 56.0 Å². The molecular weight excluding hydrogens is 354 g/mol. The van der Waals surface area contributed by atoms with Crippen molar-refractivity contribution in [1.29, 1.82) is 5.26 Å². The van der Waals surface area contributed by atoms with E-state index < -0.39 is 0 Å². The van der Waals surface area contributed by atoms with E-state index in [1.807, 2.05) is 32.0 Å². The zero-order chi connectivity index (χ0) is 19.3. The summed E-state index contributed by atoms with van der Waals surface area (Å²) in [6.07, 6.45) is 4.61. The van der Waals surface area contributed by atoms with Gasteiger partial charge in [0.25, 0.3) is 0 Å². The van der Waals surface area contributed by atoms with E-state index in [0.717, 1.165) is 52.0 Å². The number of benzene rings is 1. The lowest BCUT2D eigenvalue weighted by molar-refractivity contribution is 0.203. The molecule has 5 rings (SSSR count). The molecule has 1 aliphatic carbocycles. The second kappa shape index (κ2) is 6.20.